The monoisotopic (exact) mass is 1350 g/mol. The van der Waals surface area contributed by atoms with Crippen LogP contribution in [0.4, 0.5) is 0 Å². The van der Waals surface area contributed by atoms with E-state index < -0.39 is 97.5 Å². The molecular formula is C73H142O17P2. The Labute approximate surface area is 562 Å². The van der Waals surface area contributed by atoms with E-state index in [-0.39, 0.29) is 25.7 Å². The molecular weight excluding hydrogens is 1210 g/mol. The summed E-state index contributed by atoms with van der Waals surface area (Å²) in [6.45, 7) is 14.1. The van der Waals surface area contributed by atoms with Crippen LogP contribution in [0.15, 0.2) is 0 Å². The summed E-state index contributed by atoms with van der Waals surface area (Å²) in [4.78, 5) is 72.7. The Hall–Kier alpha value is -1.94. The SMILES string of the molecule is CC(C)CCCCCCCCCCCCCCC(=O)OC[C@H](COP(=O)(O)OCC(O)COP(=O)(O)OC[C@@H](COC(=O)CCCCCCCCCCC(C)C)OC(=O)CCCCCCCCCCCCC(C)C)OC(=O)CCCCCCCCCCCCC(C)C. The van der Waals surface area contributed by atoms with Crippen LogP contribution in [-0.2, 0) is 65.4 Å². The first-order chi connectivity index (χ1) is 44.1. The van der Waals surface area contributed by atoms with E-state index in [4.69, 9.17) is 37.0 Å². The molecule has 3 unspecified atom stereocenters. The van der Waals surface area contributed by atoms with Crippen LogP contribution in [0, 0.1) is 23.7 Å². The number of hydrogen-bond donors (Lipinski definition) is 3. The number of phosphoric acid groups is 2. The van der Waals surface area contributed by atoms with Crippen LogP contribution in [0.3, 0.4) is 0 Å². The zero-order valence-corrected chi connectivity index (χ0v) is 62.0. The van der Waals surface area contributed by atoms with Crippen LogP contribution in [0.5, 0.6) is 0 Å². The standard InChI is InChI=1S/C73H142O17P2/c1-63(2)49-41-33-25-17-11-9-10-12-20-29-37-45-53-70(75)83-59-68(89-72(77)55-47-39-31-21-15-13-18-26-34-42-50-64(3)4)61-87-91(79,80)85-57-67(74)58-86-92(81,82)88-62-69(60-84-71(76)54-46-38-30-24-23-28-36-44-52-66(7)8)90-73(78)56-48-40-32-22-16-14-19-27-35-43-51-65(5)6/h63-69,74H,9-62H2,1-8H3,(H,79,80)(H,81,82)/t67?,68-,69-/m1/s1. The van der Waals surface area contributed by atoms with Crippen molar-refractivity contribution in [3.63, 3.8) is 0 Å². The van der Waals surface area contributed by atoms with Gasteiger partial charge in [-0.1, -0.05) is 312 Å². The van der Waals surface area contributed by atoms with Crippen LogP contribution in [-0.4, -0.2) is 96.7 Å². The molecule has 0 saturated heterocycles. The molecule has 0 aliphatic carbocycles. The van der Waals surface area contributed by atoms with Gasteiger partial charge in [-0.3, -0.25) is 37.3 Å². The maximum atomic E-state index is 13.0. The first-order valence-electron chi connectivity index (χ1n) is 37.7. The number of phosphoric ester groups is 2. The predicted molar refractivity (Wildman–Crippen MR) is 372 cm³/mol. The minimum atomic E-state index is -4.96. The number of aliphatic hydroxyl groups is 1. The molecule has 0 amide bonds. The molecule has 0 heterocycles. The molecule has 0 spiro atoms. The summed E-state index contributed by atoms with van der Waals surface area (Å²) in [5.74, 6) is 0.887. The van der Waals surface area contributed by atoms with Crippen molar-refractivity contribution in [2.75, 3.05) is 39.6 Å². The molecule has 3 N–H and O–H groups in total. The Kier molecular flexibility index (Phi) is 61.3. The van der Waals surface area contributed by atoms with Gasteiger partial charge in [0.1, 0.15) is 19.3 Å². The van der Waals surface area contributed by atoms with Crippen molar-refractivity contribution in [1.82, 2.24) is 0 Å². The second-order valence-electron chi connectivity index (χ2n) is 28.2. The summed E-state index contributed by atoms with van der Waals surface area (Å²) in [7, 11) is -9.91. The molecule has 0 radical (unpaired) electrons. The van der Waals surface area contributed by atoms with Crippen LogP contribution >= 0.6 is 15.6 Å². The normalized spacial score (nSPS) is 14.2. The van der Waals surface area contributed by atoms with Crippen molar-refractivity contribution < 1.29 is 80.2 Å². The van der Waals surface area contributed by atoms with Crippen molar-refractivity contribution in [2.24, 2.45) is 23.7 Å². The summed E-state index contributed by atoms with van der Waals surface area (Å²) in [5, 5.41) is 10.6. The number of ether oxygens (including phenoxy) is 4. The summed E-state index contributed by atoms with van der Waals surface area (Å²) >= 11 is 0. The smallest absolute Gasteiger partial charge is 0.462 e. The van der Waals surface area contributed by atoms with Crippen LogP contribution in [0.25, 0.3) is 0 Å². The van der Waals surface area contributed by atoms with Gasteiger partial charge in [0.15, 0.2) is 12.2 Å². The fraction of sp³-hybridized carbons (Fsp3) is 0.945. The van der Waals surface area contributed by atoms with E-state index in [0.29, 0.717) is 25.7 Å². The molecule has 546 valence electrons. The summed E-state index contributed by atoms with van der Waals surface area (Å²) in [6, 6.07) is 0. The number of hydrogen-bond acceptors (Lipinski definition) is 15. The van der Waals surface area contributed by atoms with Crippen LogP contribution in [0.2, 0.25) is 0 Å². The average molecular weight is 1350 g/mol. The molecule has 0 aliphatic rings. The fourth-order valence-corrected chi connectivity index (χ4v) is 12.6. The molecule has 0 aromatic rings. The molecule has 0 fully saturated rings. The molecule has 0 rings (SSSR count). The number of carbonyl (C=O) groups excluding carboxylic acids is 4. The molecule has 0 bridgehead atoms. The fourth-order valence-electron chi connectivity index (χ4n) is 11.0. The largest absolute Gasteiger partial charge is 0.472 e. The lowest BCUT2D eigenvalue weighted by atomic mass is 10.0. The zero-order valence-electron chi connectivity index (χ0n) is 60.2. The number of rotatable bonds is 70. The van der Waals surface area contributed by atoms with Crippen molar-refractivity contribution in [2.45, 2.75) is 382 Å². The molecule has 92 heavy (non-hydrogen) atoms. The third kappa shape index (κ3) is 66.7. The molecule has 0 aromatic carbocycles. The maximum Gasteiger partial charge on any atom is 0.472 e. The quantitative estimate of drug-likeness (QED) is 0.0222. The van der Waals surface area contributed by atoms with E-state index in [1.807, 2.05) is 0 Å². The highest BCUT2D eigenvalue weighted by molar-refractivity contribution is 7.47. The first kappa shape index (κ1) is 90.1. The van der Waals surface area contributed by atoms with Gasteiger partial charge in [-0.15, -0.1) is 0 Å². The van der Waals surface area contributed by atoms with Gasteiger partial charge in [-0.25, -0.2) is 9.13 Å². The van der Waals surface area contributed by atoms with Crippen molar-refractivity contribution in [1.29, 1.82) is 0 Å². The van der Waals surface area contributed by atoms with Gasteiger partial charge < -0.3 is 33.8 Å². The molecule has 0 aromatic heterocycles. The van der Waals surface area contributed by atoms with Crippen LogP contribution < -0.4 is 0 Å². The lowest BCUT2D eigenvalue weighted by Gasteiger charge is -2.21. The number of carbonyl (C=O) groups is 4. The van der Waals surface area contributed by atoms with Crippen molar-refractivity contribution in [3.05, 3.63) is 0 Å². The van der Waals surface area contributed by atoms with Gasteiger partial charge in [0, 0.05) is 25.7 Å². The highest BCUT2D eigenvalue weighted by Gasteiger charge is 2.30. The summed E-state index contributed by atoms with van der Waals surface area (Å²) in [6.07, 6.45) is 45.8. The second kappa shape index (κ2) is 62.6. The molecule has 5 atom stereocenters. The second-order valence-corrected chi connectivity index (χ2v) is 31.1. The van der Waals surface area contributed by atoms with Gasteiger partial charge in [0.2, 0.25) is 0 Å². The Morgan fingerprint density at radius 2 is 0.457 bits per heavy atom. The zero-order chi connectivity index (χ0) is 68.2. The Morgan fingerprint density at radius 3 is 0.674 bits per heavy atom. The van der Waals surface area contributed by atoms with Gasteiger partial charge in [-0.05, 0) is 49.4 Å². The average Bonchev–Trinajstić information content (AvgIpc) is 3.29. The Morgan fingerprint density at radius 1 is 0.272 bits per heavy atom. The van der Waals surface area contributed by atoms with Crippen molar-refractivity contribution in [3.8, 4) is 0 Å². The lowest BCUT2D eigenvalue weighted by Crippen LogP contribution is -2.30. The Bertz CT molecular complexity index is 1820. The topological polar surface area (TPSA) is 237 Å². The van der Waals surface area contributed by atoms with E-state index in [1.54, 1.807) is 0 Å². The van der Waals surface area contributed by atoms with Crippen molar-refractivity contribution >= 4 is 39.5 Å². The third-order valence-corrected chi connectivity index (χ3v) is 18.7. The Balaban J connectivity index is 5.26. The molecule has 0 saturated carbocycles. The van der Waals surface area contributed by atoms with Gasteiger partial charge in [0.25, 0.3) is 0 Å². The predicted octanol–water partition coefficient (Wildman–Crippen LogP) is 20.9. The van der Waals surface area contributed by atoms with Gasteiger partial charge >= 0.3 is 39.5 Å². The van der Waals surface area contributed by atoms with Gasteiger partial charge in [-0.2, -0.15) is 0 Å². The molecule has 0 aliphatic heterocycles. The van der Waals surface area contributed by atoms with Crippen LogP contribution in [0.1, 0.15) is 364 Å². The summed E-state index contributed by atoms with van der Waals surface area (Å²) in [5.41, 5.74) is 0. The minimum absolute atomic E-state index is 0.105. The summed E-state index contributed by atoms with van der Waals surface area (Å²) < 4.78 is 68.4. The highest BCUT2D eigenvalue weighted by Crippen LogP contribution is 2.45. The molecule has 17 nitrogen and oxygen atoms in total. The maximum absolute atomic E-state index is 13.0. The van der Waals surface area contributed by atoms with Gasteiger partial charge in [0.05, 0.1) is 26.4 Å². The minimum Gasteiger partial charge on any atom is -0.462 e. The van der Waals surface area contributed by atoms with E-state index >= 15 is 0 Å². The lowest BCUT2D eigenvalue weighted by molar-refractivity contribution is -0.161. The molecule has 19 heteroatoms. The van der Waals surface area contributed by atoms with E-state index in [2.05, 4.69) is 55.4 Å². The van der Waals surface area contributed by atoms with E-state index in [9.17, 15) is 43.2 Å². The van der Waals surface area contributed by atoms with E-state index in [0.717, 1.165) is 114 Å². The van der Waals surface area contributed by atoms with E-state index in [1.165, 1.54) is 167 Å². The first-order valence-corrected chi connectivity index (χ1v) is 40.7. The number of unbranched alkanes of at least 4 members (excludes halogenated alkanes) is 36. The third-order valence-electron chi connectivity index (χ3n) is 16.8. The number of esters is 4. The highest BCUT2D eigenvalue weighted by atomic mass is 31.2. The number of aliphatic hydroxyl groups excluding tert-OH is 1.